The fraction of sp³-hybridized carbons (Fsp3) is 0.857. The van der Waals surface area contributed by atoms with E-state index in [4.69, 9.17) is 4.74 Å². The molecule has 108 valence electrons. The molecular formula is C14H24N2O3. The summed E-state index contributed by atoms with van der Waals surface area (Å²) in [5.41, 5.74) is -1.54. The van der Waals surface area contributed by atoms with Crippen LogP contribution in [0.1, 0.15) is 47.0 Å². The van der Waals surface area contributed by atoms with Crippen molar-refractivity contribution in [2.75, 3.05) is 13.2 Å². The van der Waals surface area contributed by atoms with E-state index in [-0.39, 0.29) is 17.9 Å². The first kappa shape index (κ1) is 14.3. The van der Waals surface area contributed by atoms with Crippen molar-refractivity contribution in [3.05, 3.63) is 0 Å². The lowest BCUT2D eigenvalue weighted by molar-refractivity contribution is -0.166. The van der Waals surface area contributed by atoms with Crippen LogP contribution >= 0.6 is 0 Å². The first-order valence-corrected chi connectivity index (χ1v) is 7.13. The van der Waals surface area contributed by atoms with E-state index < -0.39 is 11.1 Å². The number of piperazine rings is 1. The van der Waals surface area contributed by atoms with E-state index >= 15 is 0 Å². The summed E-state index contributed by atoms with van der Waals surface area (Å²) in [7, 11) is 0. The van der Waals surface area contributed by atoms with Crippen molar-refractivity contribution >= 4 is 11.8 Å². The van der Waals surface area contributed by atoms with E-state index in [1.807, 2.05) is 18.7 Å². The smallest absolute Gasteiger partial charge is 0.248 e. The minimum Gasteiger partial charge on any atom is -0.379 e. The Hall–Kier alpha value is -1.10. The second-order valence-electron chi connectivity index (χ2n) is 6.01. The zero-order valence-corrected chi connectivity index (χ0v) is 12.3. The highest BCUT2D eigenvalue weighted by Gasteiger charge is 2.55. The summed E-state index contributed by atoms with van der Waals surface area (Å²) < 4.78 is 5.42. The van der Waals surface area contributed by atoms with Gasteiger partial charge in [-0.15, -0.1) is 0 Å². The molecule has 1 atom stereocenters. The van der Waals surface area contributed by atoms with Crippen molar-refractivity contribution in [1.82, 2.24) is 10.2 Å². The topological polar surface area (TPSA) is 58.6 Å². The number of hydrogen-bond acceptors (Lipinski definition) is 3. The standard InChI is InChI=1S/C14H24N2O3/c1-5-14(6-2)11(17)15-13(3,4)12(18)16(14)10-7-8-19-9-10/h10H,5-9H2,1-4H3,(H,15,17). The van der Waals surface area contributed by atoms with Crippen molar-refractivity contribution in [2.24, 2.45) is 0 Å². The van der Waals surface area contributed by atoms with E-state index in [0.29, 0.717) is 26.1 Å². The summed E-state index contributed by atoms with van der Waals surface area (Å²) >= 11 is 0. The van der Waals surface area contributed by atoms with Gasteiger partial charge in [-0.2, -0.15) is 0 Å². The zero-order valence-electron chi connectivity index (χ0n) is 12.3. The van der Waals surface area contributed by atoms with Crippen LogP contribution in [-0.4, -0.2) is 47.0 Å². The highest BCUT2D eigenvalue weighted by Crippen LogP contribution is 2.35. The molecule has 19 heavy (non-hydrogen) atoms. The summed E-state index contributed by atoms with van der Waals surface area (Å²) in [5.74, 6) is -0.0275. The minimum atomic E-state index is -0.826. The molecule has 0 aromatic carbocycles. The van der Waals surface area contributed by atoms with Gasteiger partial charge in [0.05, 0.1) is 12.6 Å². The molecule has 0 aromatic rings. The van der Waals surface area contributed by atoms with Gasteiger partial charge in [-0.25, -0.2) is 0 Å². The predicted molar refractivity (Wildman–Crippen MR) is 71.6 cm³/mol. The van der Waals surface area contributed by atoms with E-state index in [0.717, 1.165) is 6.42 Å². The number of carbonyl (C=O) groups is 2. The van der Waals surface area contributed by atoms with E-state index in [1.165, 1.54) is 0 Å². The third kappa shape index (κ3) is 2.04. The Kier molecular flexibility index (Phi) is 3.60. The van der Waals surface area contributed by atoms with Crippen molar-refractivity contribution < 1.29 is 14.3 Å². The summed E-state index contributed by atoms with van der Waals surface area (Å²) in [5, 5.41) is 2.88. The molecule has 2 aliphatic rings. The molecule has 0 spiro atoms. The maximum Gasteiger partial charge on any atom is 0.248 e. The molecule has 5 nitrogen and oxygen atoms in total. The first-order chi connectivity index (χ1) is 8.89. The third-order valence-electron chi connectivity index (χ3n) is 4.50. The van der Waals surface area contributed by atoms with Crippen LogP contribution in [0.2, 0.25) is 0 Å². The molecule has 2 fully saturated rings. The zero-order chi connectivity index (χ0) is 14.3. The molecular weight excluding hydrogens is 244 g/mol. The molecule has 0 bridgehead atoms. The quantitative estimate of drug-likeness (QED) is 0.833. The molecule has 5 heteroatoms. The summed E-state index contributed by atoms with van der Waals surface area (Å²) in [6, 6.07) is 0.0257. The number of amides is 2. The van der Waals surface area contributed by atoms with Crippen LogP contribution in [0, 0.1) is 0 Å². The lowest BCUT2D eigenvalue weighted by atomic mass is 9.81. The molecule has 0 aliphatic carbocycles. The average Bonchev–Trinajstić information content (AvgIpc) is 2.86. The van der Waals surface area contributed by atoms with Crippen molar-refractivity contribution in [3.8, 4) is 0 Å². The van der Waals surface area contributed by atoms with Gasteiger partial charge in [-0.1, -0.05) is 13.8 Å². The van der Waals surface area contributed by atoms with Gasteiger partial charge in [0, 0.05) is 6.61 Å². The van der Waals surface area contributed by atoms with Gasteiger partial charge >= 0.3 is 0 Å². The van der Waals surface area contributed by atoms with Crippen molar-refractivity contribution in [2.45, 2.75) is 64.1 Å². The predicted octanol–water partition coefficient (Wildman–Crippen LogP) is 1.07. The Morgan fingerprint density at radius 3 is 2.42 bits per heavy atom. The molecule has 2 aliphatic heterocycles. The van der Waals surface area contributed by atoms with E-state index in [2.05, 4.69) is 5.32 Å². The number of carbonyl (C=O) groups excluding carboxylic acids is 2. The van der Waals surface area contributed by atoms with Gasteiger partial charge in [0.1, 0.15) is 11.1 Å². The maximum absolute atomic E-state index is 12.8. The second-order valence-corrected chi connectivity index (χ2v) is 6.01. The summed E-state index contributed by atoms with van der Waals surface area (Å²) in [6.07, 6.45) is 2.08. The molecule has 0 aromatic heterocycles. The minimum absolute atomic E-state index is 0.00583. The molecule has 2 rings (SSSR count). The van der Waals surface area contributed by atoms with E-state index in [1.54, 1.807) is 13.8 Å². The van der Waals surface area contributed by atoms with Gasteiger partial charge in [-0.05, 0) is 33.1 Å². The van der Waals surface area contributed by atoms with Gasteiger partial charge in [0.15, 0.2) is 0 Å². The first-order valence-electron chi connectivity index (χ1n) is 7.13. The lowest BCUT2D eigenvalue weighted by Gasteiger charge is -2.52. The highest BCUT2D eigenvalue weighted by atomic mass is 16.5. The Bertz CT molecular complexity index is 382. The van der Waals surface area contributed by atoms with E-state index in [9.17, 15) is 9.59 Å². The Morgan fingerprint density at radius 2 is 1.95 bits per heavy atom. The maximum atomic E-state index is 12.8. The Balaban J connectivity index is 2.44. The van der Waals surface area contributed by atoms with Gasteiger partial charge < -0.3 is 15.0 Å². The Morgan fingerprint density at radius 1 is 1.32 bits per heavy atom. The number of nitrogens with one attached hydrogen (secondary N) is 1. The normalized spacial score (nSPS) is 29.5. The van der Waals surface area contributed by atoms with Crippen LogP contribution in [0.4, 0.5) is 0 Å². The largest absolute Gasteiger partial charge is 0.379 e. The fourth-order valence-corrected chi connectivity index (χ4v) is 3.21. The number of rotatable bonds is 3. The van der Waals surface area contributed by atoms with Crippen LogP contribution < -0.4 is 5.32 Å². The fourth-order valence-electron chi connectivity index (χ4n) is 3.21. The van der Waals surface area contributed by atoms with Gasteiger partial charge in [0.25, 0.3) is 0 Å². The molecule has 2 saturated heterocycles. The SMILES string of the molecule is CCC1(CC)C(=O)NC(C)(C)C(=O)N1C1CCOC1. The molecule has 0 saturated carbocycles. The molecule has 1 unspecified atom stereocenters. The average molecular weight is 268 g/mol. The Labute approximate surface area is 114 Å². The van der Waals surface area contributed by atoms with Crippen molar-refractivity contribution in [1.29, 1.82) is 0 Å². The van der Waals surface area contributed by atoms with Crippen LogP contribution in [-0.2, 0) is 14.3 Å². The number of hydrogen-bond donors (Lipinski definition) is 1. The van der Waals surface area contributed by atoms with Crippen LogP contribution in [0.5, 0.6) is 0 Å². The molecule has 1 N–H and O–H groups in total. The van der Waals surface area contributed by atoms with Crippen LogP contribution in [0.15, 0.2) is 0 Å². The van der Waals surface area contributed by atoms with Gasteiger partial charge in [0.2, 0.25) is 11.8 Å². The van der Waals surface area contributed by atoms with Crippen LogP contribution in [0.3, 0.4) is 0 Å². The van der Waals surface area contributed by atoms with Gasteiger partial charge in [-0.3, -0.25) is 9.59 Å². The molecule has 2 heterocycles. The monoisotopic (exact) mass is 268 g/mol. The second kappa shape index (κ2) is 4.78. The van der Waals surface area contributed by atoms with Crippen LogP contribution in [0.25, 0.3) is 0 Å². The number of nitrogens with zero attached hydrogens (tertiary/aromatic N) is 1. The molecule has 0 radical (unpaired) electrons. The summed E-state index contributed by atoms with van der Waals surface area (Å²) in [4.78, 5) is 27.1. The van der Waals surface area contributed by atoms with Crippen molar-refractivity contribution in [3.63, 3.8) is 0 Å². The highest BCUT2D eigenvalue weighted by molar-refractivity contribution is 6.02. The summed E-state index contributed by atoms with van der Waals surface area (Å²) in [6.45, 7) is 8.68. The molecule has 2 amide bonds. The number of ether oxygens (including phenoxy) is 1. The third-order valence-corrected chi connectivity index (χ3v) is 4.50. The lowest BCUT2D eigenvalue weighted by Crippen LogP contribution is -2.75.